The van der Waals surface area contributed by atoms with E-state index < -0.39 is 17.6 Å². The van der Waals surface area contributed by atoms with Crippen LogP contribution in [0.1, 0.15) is 40.1 Å². The van der Waals surface area contributed by atoms with E-state index in [-0.39, 0.29) is 18.9 Å². The van der Waals surface area contributed by atoms with Gasteiger partial charge in [0.15, 0.2) is 0 Å². The molecule has 0 aliphatic heterocycles. The minimum absolute atomic E-state index is 0.0436. The Kier molecular flexibility index (Phi) is 5.35. The van der Waals surface area contributed by atoms with Gasteiger partial charge < -0.3 is 15.2 Å². The summed E-state index contributed by atoms with van der Waals surface area (Å²) in [7, 11) is 0. The highest BCUT2D eigenvalue weighted by Gasteiger charge is 2.34. The second-order valence-corrected chi connectivity index (χ2v) is 9.05. The molecule has 0 radical (unpaired) electrons. The number of alkyl carbamates (subject to hydrolysis) is 1. The summed E-state index contributed by atoms with van der Waals surface area (Å²) < 4.78 is 5.61. The number of benzene rings is 2. The molecule has 1 unspecified atom stereocenters. The maximum Gasteiger partial charge on any atom is 0.407 e. The molecule has 3 aromatic rings. The Bertz CT molecular complexity index is 1060. The summed E-state index contributed by atoms with van der Waals surface area (Å²) in [5, 5.41) is 12.2. The zero-order valence-corrected chi connectivity index (χ0v) is 17.7. The molecule has 6 heteroatoms. The van der Waals surface area contributed by atoms with Crippen LogP contribution in [0.25, 0.3) is 11.1 Å². The first kappa shape index (κ1) is 20.2. The molecule has 0 saturated heterocycles. The SMILES string of the molecule is Cc1ccc(C(C)(CC(=O)O)NC(=O)OCC2c3ccccc3-c3ccccc32)s1. The van der Waals surface area contributed by atoms with Crippen molar-refractivity contribution in [2.75, 3.05) is 6.61 Å². The number of carboxylic acid groups (broad SMARTS) is 1. The molecule has 2 aromatic carbocycles. The first-order chi connectivity index (χ1) is 14.4. The highest BCUT2D eigenvalue weighted by Crippen LogP contribution is 2.44. The molecule has 1 heterocycles. The van der Waals surface area contributed by atoms with Crippen molar-refractivity contribution >= 4 is 23.4 Å². The Morgan fingerprint density at radius 2 is 1.63 bits per heavy atom. The van der Waals surface area contributed by atoms with Crippen molar-refractivity contribution in [1.82, 2.24) is 5.32 Å². The smallest absolute Gasteiger partial charge is 0.407 e. The normalized spacial score (nSPS) is 14.5. The third-order valence-corrected chi connectivity index (χ3v) is 6.78. The Labute approximate surface area is 179 Å². The molecule has 1 aliphatic rings. The van der Waals surface area contributed by atoms with Crippen LogP contribution in [0.2, 0.25) is 0 Å². The second kappa shape index (κ2) is 7.95. The Hall–Kier alpha value is -3.12. The largest absolute Gasteiger partial charge is 0.481 e. The van der Waals surface area contributed by atoms with E-state index in [2.05, 4.69) is 29.6 Å². The number of hydrogen-bond donors (Lipinski definition) is 2. The van der Waals surface area contributed by atoms with Crippen molar-refractivity contribution in [3.63, 3.8) is 0 Å². The van der Waals surface area contributed by atoms with Gasteiger partial charge in [0.05, 0.1) is 12.0 Å². The molecule has 154 valence electrons. The van der Waals surface area contributed by atoms with Gasteiger partial charge >= 0.3 is 12.1 Å². The molecule has 0 saturated carbocycles. The quantitative estimate of drug-likeness (QED) is 0.567. The fraction of sp³-hybridized carbons (Fsp3) is 0.250. The van der Waals surface area contributed by atoms with Gasteiger partial charge in [0.2, 0.25) is 0 Å². The van der Waals surface area contributed by atoms with Gasteiger partial charge in [-0.25, -0.2) is 4.79 Å². The highest BCUT2D eigenvalue weighted by molar-refractivity contribution is 7.12. The number of nitrogens with one attached hydrogen (secondary N) is 1. The first-order valence-corrected chi connectivity index (χ1v) is 10.6. The van der Waals surface area contributed by atoms with E-state index >= 15 is 0 Å². The number of thiophene rings is 1. The lowest BCUT2D eigenvalue weighted by Crippen LogP contribution is -2.45. The molecule has 1 atom stereocenters. The number of fused-ring (bicyclic) bond motifs is 3. The van der Waals surface area contributed by atoms with E-state index in [4.69, 9.17) is 4.74 Å². The first-order valence-electron chi connectivity index (χ1n) is 9.79. The van der Waals surface area contributed by atoms with Crippen LogP contribution in [-0.4, -0.2) is 23.8 Å². The van der Waals surface area contributed by atoms with Crippen molar-refractivity contribution in [2.24, 2.45) is 0 Å². The van der Waals surface area contributed by atoms with Gasteiger partial charge in [-0.2, -0.15) is 0 Å². The summed E-state index contributed by atoms with van der Waals surface area (Å²) >= 11 is 1.47. The number of carbonyl (C=O) groups is 2. The number of hydrogen-bond acceptors (Lipinski definition) is 4. The zero-order chi connectivity index (χ0) is 21.3. The maximum atomic E-state index is 12.7. The Morgan fingerprint density at radius 1 is 1.03 bits per heavy atom. The van der Waals surface area contributed by atoms with Gasteiger partial charge in [0.1, 0.15) is 6.61 Å². The van der Waals surface area contributed by atoms with Crippen LogP contribution < -0.4 is 5.32 Å². The minimum Gasteiger partial charge on any atom is -0.481 e. The summed E-state index contributed by atoms with van der Waals surface area (Å²) in [6.45, 7) is 3.85. The van der Waals surface area contributed by atoms with Gasteiger partial charge in [-0.3, -0.25) is 4.79 Å². The molecule has 0 spiro atoms. The van der Waals surface area contributed by atoms with Crippen LogP contribution >= 0.6 is 11.3 Å². The predicted octanol–water partition coefficient (Wildman–Crippen LogP) is 5.29. The Morgan fingerprint density at radius 3 is 2.17 bits per heavy atom. The number of aliphatic carboxylic acids is 1. The van der Waals surface area contributed by atoms with Gasteiger partial charge in [0, 0.05) is 15.7 Å². The van der Waals surface area contributed by atoms with E-state index in [1.165, 1.54) is 11.3 Å². The number of aryl methyl sites for hydroxylation is 1. The van der Waals surface area contributed by atoms with Crippen molar-refractivity contribution in [3.05, 3.63) is 81.5 Å². The highest BCUT2D eigenvalue weighted by atomic mass is 32.1. The van der Waals surface area contributed by atoms with Crippen molar-refractivity contribution in [1.29, 1.82) is 0 Å². The van der Waals surface area contributed by atoms with E-state index in [9.17, 15) is 14.7 Å². The van der Waals surface area contributed by atoms with Crippen LogP contribution in [0.4, 0.5) is 4.79 Å². The average Bonchev–Trinajstić information content (AvgIpc) is 3.28. The number of carboxylic acids is 1. The van der Waals surface area contributed by atoms with Crippen LogP contribution in [0.5, 0.6) is 0 Å². The van der Waals surface area contributed by atoms with Crippen LogP contribution in [0.3, 0.4) is 0 Å². The van der Waals surface area contributed by atoms with Crippen molar-refractivity contribution in [3.8, 4) is 11.1 Å². The molecular formula is C24H23NO4S. The van der Waals surface area contributed by atoms with E-state index in [1.807, 2.05) is 43.3 Å². The number of amides is 1. The van der Waals surface area contributed by atoms with Gasteiger partial charge in [-0.1, -0.05) is 48.5 Å². The summed E-state index contributed by atoms with van der Waals surface area (Å²) in [5.74, 6) is -1.03. The van der Waals surface area contributed by atoms with Crippen LogP contribution in [0, 0.1) is 6.92 Å². The van der Waals surface area contributed by atoms with Crippen molar-refractivity contribution in [2.45, 2.75) is 31.7 Å². The molecular weight excluding hydrogens is 398 g/mol. The van der Waals surface area contributed by atoms with Gasteiger partial charge in [-0.15, -0.1) is 11.3 Å². The molecule has 0 fully saturated rings. The summed E-state index contributed by atoms with van der Waals surface area (Å²) in [4.78, 5) is 25.9. The monoisotopic (exact) mass is 421 g/mol. The third kappa shape index (κ3) is 3.83. The molecule has 1 aliphatic carbocycles. The van der Waals surface area contributed by atoms with E-state index in [0.29, 0.717) is 0 Å². The molecule has 30 heavy (non-hydrogen) atoms. The third-order valence-electron chi connectivity index (χ3n) is 5.51. The summed E-state index contributed by atoms with van der Waals surface area (Å²) in [6.07, 6.45) is -0.844. The lowest BCUT2D eigenvalue weighted by molar-refractivity contribution is -0.138. The average molecular weight is 422 g/mol. The molecule has 1 aromatic heterocycles. The fourth-order valence-electron chi connectivity index (χ4n) is 4.09. The predicted molar refractivity (Wildman–Crippen MR) is 117 cm³/mol. The molecule has 5 nitrogen and oxygen atoms in total. The van der Waals surface area contributed by atoms with E-state index in [0.717, 1.165) is 32.0 Å². The van der Waals surface area contributed by atoms with Gasteiger partial charge in [0.25, 0.3) is 0 Å². The molecule has 2 N–H and O–H groups in total. The Balaban J connectivity index is 1.51. The number of rotatable bonds is 6. The molecule has 4 rings (SSSR count). The molecule has 0 bridgehead atoms. The topological polar surface area (TPSA) is 75.6 Å². The molecule has 1 amide bonds. The lowest BCUT2D eigenvalue weighted by atomic mass is 9.96. The van der Waals surface area contributed by atoms with E-state index in [1.54, 1.807) is 6.92 Å². The van der Waals surface area contributed by atoms with Crippen LogP contribution in [0.15, 0.2) is 60.7 Å². The fourth-order valence-corrected chi connectivity index (χ4v) is 5.05. The summed E-state index contributed by atoms with van der Waals surface area (Å²) in [5.41, 5.74) is 3.55. The maximum absolute atomic E-state index is 12.7. The van der Waals surface area contributed by atoms with Crippen LogP contribution in [-0.2, 0) is 15.1 Å². The summed E-state index contributed by atoms with van der Waals surface area (Å²) in [6, 6.07) is 20.0. The lowest BCUT2D eigenvalue weighted by Gasteiger charge is -2.28. The number of carbonyl (C=O) groups excluding carboxylic acids is 1. The zero-order valence-electron chi connectivity index (χ0n) is 16.8. The van der Waals surface area contributed by atoms with Crippen molar-refractivity contribution < 1.29 is 19.4 Å². The number of ether oxygens (including phenoxy) is 1. The van der Waals surface area contributed by atoms with Gasteiger partial charge in [-0.05, 0) is 48.2 Å². The second-order valence-electron chi connectivity index (χ2n) is 7.76. The standard InChI is InChI=1S/C24H23NO4S/c1-15-11-12-21(30-15)24(2,13-22(26)27)25-23(28)29-14-20-18-9-5-3-7-16(18)17-8-4-6-10-19(17)20/h3-12,20H,13-14H2,1-2H3,(H,25,28)(H,26,27). The minimum atomic E-state index is -1.03.